The number of hydrogen-bond donors (Lipinski definition) is 0. The molecule has 2 unspecified atom stereocenters. The molecule has 0 aliphatic carbocycles. The van der Waals surface area contributed by atoms with Crippen LogP contribution in [-0.2, 0) is 11.8 Å². The van der Waals surface area contributed by atoms with Gasteiger partial charge >= 0.3 is 0 Å². The number of carbonyl (C=O) groups is 1. The molecule has 0 aromatic carbocycles. The van der Waals surface area contributed by atoms with E-state index in [0.717, 1.165) is 31.8 Å². The molecule has 1 aliphatic heterocycles. The number of nitrogens with zero attached hydrogens (tertiary/aromatic N) is 4. The fourth-order valence-electron chi connectivity index (χ4n) is 2.51. The number of aryl methyl sites for hydroxylation is 1. The van der Waals surface area contributed by atoms with Crippen molar-refractivity contribution in [3.05, 3.63) is 12.2 Å². The molecule has 106 valence electrons. The topological polar surface area (TPSA) is 51.0 Å². The quantitative estimate of drug-likeness (QED) is 0.797. The first-order valence-corrected chi connectivity index (χ1v) is 7.69. The van der Waals surface area contributed by atoms with E-state index in [1.807, 2.05) is 16.5 Å². The van der Waals surface area contributed by atoms with Crippen molar-refractivity contribution < 1.29 is 4.79 Å². The van der Waals surface area contributed by atoms with Crippen molar-refractivity contribution in [1.29, 1.82) is 0 Å². The Hall–Kier alpha value is -0.910. The van der Waals surface area contributed by atoms with Gasteiger partial charge in [0, 0.05) is 26.1 Å². The van der Waals surface area contributed by atoms with E-state index in [2.05, 4.69) is 40.0 Å². The Morgan fingerprint density at radius 3 is 2.84 bits per heavy atom. The third-order valence-corrected chi connectivity index (χ3v) is 5.11. The number of likely N-dealkylation sites (tertiary alicyclic amines) is 1. The second-order valence-electron chi connectivity index (χ2n) is 5.57. The summed E-state index contributed by atoms with van der Waals surface area (Å²) in [5, 5.41) is 8.11. The Balaban J connectivity index is 2.05. The number of amides is 1. The summed E-state index contributed by atoms with van der Waals surface area (Å²) in [5.41, 5.74) is 0. The van der Waals surface area contributed by atoms with Gasteiger partial charge in [-0.3, -0.25) is 4.79 Å². The zero-order valence-electron chi connectivity index (χ0n) is 11.7. The van der Waals surface area contributed by atoms with Gasteiger partial charge in [-0.2, -0.15) is 0 Å². The van der Waals surface area contributed by atoms with Crippen LogP contribution in [0.15, 0.2) is 6.33 Å². The molecule has 2 atom stereocenters. The highest BCUT2D eigenvalue weighted by molar-refractivity contribution is 9.10. The number of alkyl halides is 1. The molecule has 6 heteroatoms. The van der Waals surface area contributed by atoms with Crippen molar-refractivity contribution in [3.8, 4) is 0 Å². The highest BCUT2D eigenvalue weighted by atomic mass is 79.9. The largest absolute Gasteiger partial charge is 0.341 e. The first-order chi connectivity index (χ1) is 9.00. The molecule has 1 amide bonds. The molecule has 19 heavy (non-hydrogen) atoms. The van der Waals surface area contributed by atoms with Gasteiger partial charge in [0.15, 0.2) is 0 Å². The smallest absolute Gasteiger partial charge is 0.236 e. The van der Waals surface area contributed by atoms with E-state index in [-0.39, 0.29) is 10.7 Å². The van der Waals surface area contributed by atoms with E-state index >= 15 is 0 Å². The maximum atomic E-state index is 12.4. The first kappa shape index (κ1) is 14.5. The van der Waals surface area contributed by atoms with Crippen molar-refractivity contribution in [2.24, 2.45) is 13.0 Å². The van der Waals surface area contributed by atoms with Crippen LogP contribution in [0.3, 0.4) is 0 Å². The van der Waals surface area contributed by atoms with Gasteiger partial charge in [0.2, 0.25) is 5.91 Å². The highest BCUT2D eigenvalue weighted by Crippen LogP contribution is 2.27. The number of rotatable bonds is 3. The predicted molar refractivity (Wildman–Crippen MR) is 77.1 cm³/mol. The lowest BCUT2D eigenvalue weighted by Gasteiger charge is -2.34. The molecular formula is C13H21BrN4O. The van der Waals surface area contributed by atoms with Crippen LogP contribution in [0.5, 0.6) is 0 Å². The van der Waals surface area contributed by atoms with E-state index in [1.165, 1.54) is 0 Å². The number of carbonyl (C=O) groups excluding carboxylic acids is 1. The molecule has 2 heterocycles. The summed E-state index contributed by atoms with van der Waals surface area (Å²) in [7, 11) is 1.96. The highest BCUT2D eigenvalue weighted by Gasteiger charge is 2.31. The maximum Gasteiger partial charge on any atom is 0.236 e. The van der Waals surface area contributed by atoms with Crippen LogP contribution in [0.25, 0.3) is 0 Å². The molecule has 1 saturated heterocycles. The summed E-state index contributed by atoms with van der Waals surface area (Å²) >= 11 is 3.50. The zero-order chi connectivity index (χ0) is 14.0. The Morgan fingerprint density at radius 1 is 1.53 bits per heavy atom. The van der Waals surface area contributed by atoms with Gasteiger partial charge in [0.05, 0.1) is 4.83 Å². The SMILES string of the molecule is CC(C)C(Br)C(=O)N1CCCC(c2nncn2C)C1. The lowest BCUT2D eigenvalue weighted by Crippen LogP contribution is -2.44. The summed E-state index contributed by atoms with van der Waals surface area (Å²) in [6.07, 6.45) is 3.82. The van der Waals surface area contributed by atoms with E-state index in [0.29, 0.717) is 11.8 Å². The molecule has 2 rings (SSSR count). The summed E-state index contributed by atoms with van der Waals surface area (Å²) in [4.78, 5) is 14.2. The average molecular weight is 329 g/mol. The van der Waals surface area contributed by atoms with Crippen LogP contribution in [0.4, 0.5) is 0 Å². The monoisotopic (exact) mass is 328 g/mol. The minimum Gasteiger partial charge on any atom is -0.341 e. The van der Waals surface area contributed by atoms with Crippen LogP contribution in [0.2, 0.25) is 0 Å². The second kappa shape index (κ2) is 6.03. The summed E-state index contributed by atoms with van der Waals surface area (Å²) in [6.45, 7) is 5.71. The van der Waals surface area contributed by atoms with Crippen molar-refractivity contribution in [1.82, 2.24) is 19.7 Å². The van der Waals surface area contributed by atoms with Gasteiger partial charge in [-0.1, -0.05) is 29.8 Å². The molecule has 0 bridgehead atoms. The van der Waals surface area contributed by atoms with Gasteiger partial charge in [-0.25, -0.2) is 0 Å². The number of piperidine rings is 1. The molecular weight excluding hydrogens is 308 g/mol. The predicted octanol–water partition coefficient (Wildman–Crippen LogP) is 1.94. The fraction of sp³-hybridized carbons (Fsp3) is 0.769. The van der Waals surface area contributed by atoms with Crippen LogP contribution < -0.4 is 0 Å². The van der Waals surface area contributed by atoms with Crippen LogP contribution in [0.1, 0.15) is 38.4 Å². The number of hydrogen-bond acceptors (Lipinski definition) is 3. The van der Waals surface area contributed by atoms with Gasteiger partial charge in [-0.15, -0.1) is 10.2 Å². The lowest BCUT2D eigenvalue weighted by molar-refractivity contribution is -0.132. The third kappa shape index (κ3) is 3.16. The summed E-state index contributed by atoms with van der Waals surface area (Å²) in [5.74, 6) is 1.79. The summed E-state index contributed by atoms with van der Waals surface area (Å²) in [6, 6.07) is 0. The van der Waals surface area contributed by atoms with Crippen LogP contribution in [0, 0.1) is 5.92 Å². The Bertz CT molecular complexity index is 446. The molecule has 0 radical (unpaired) electrons. The van der Waals surface area contributed by atoms with Gasteiger partial charge in [0.25, 0.3) is 0 Å². The van der Waals surface area contributed by atoms with Crippen LogP contribution >= 0.6 is 15.9 Å². The molecule has 0 spiro atoms. The van der Waals surface area contributed by atoms with E-state index in [4.69, 9.17) is 0 Å². The Morgan fingerprint density at radius 2 is 2.26 bits per heavy atom. The van der Waals surface area contributed by atoms with E-state index < -0.39 is 0 Å². The molecule has 1 aromatic heterocycles. The summed E-state index contributed by atoms with van der Waals surface area (Å²) < 4.78 is 1.95. The van der Waals surface area contributed by atoms with E-state index in [1.54, 1.807) is 6.33 Å². The zero-order valence-corrected chi connectivity index (χ0v) is 13.3. The standard InChI is InChI=1S/C13H21BrN4O/c1-9(2)11(14)13(19)18-6-4-5-10(7-18)12-16-15-8-17(12)3/h8-11H,4-7H2,1-3H3. The molecule has 1 aliphatic rings. The minimum absolute atomic E-state index is 0.0919. The van der Waals surface area contributed by atoms with Crippen molar-refractivity contribution >= 4 is 21.8 Å². The van der Waals surface area contributed by atoms with Gasteiger partial charge in [-0.05, 0) is 18.8 Å². The fourth-order valence-corrected chi connectivity index (χ4v) is 2.80. The Kier molecular flexibility index (Phi) is 4.60. The minimum atomic E-state index is -0.0919. The van der Waals surface area contributed by atoms with Crippen LogP contribution in [-0.4, -0.2) is 43.5 Å². The lowest BCUT2D eigenvalue weighted by atomic mass is 9.96. The maximum absolute atomic E-state index is 12.4. The molecule has 0 N–H and O–H groups in total. The molecule has 1 aromatic rings. The van der Waals surface area contributed by atoms with E-state index in [9.17, 15) is 4.79 Å². The van der Waals surface area contributed by atoms with Crippen molar-refractivity contribution in [2.45, 2.75) is 37.4 Å². The van der Waals surface area contributed by atoms with Gasteiger partial charge < -0.3 is 9.47 Å². The van der Waals surface area contributed by atoms with Crippen molar-refractivity contribution in [3.63, 3.8) is 0 Å². The average Bonchev–Trinajstić information content (AvgIpc) is 2.83. The normalized spacial score (nSPS) is 21.7. The Labute approximate surface area is 122 Å². The number of halogens is 1. The van der Waals surface area contributed by atoms with Crippen molar-refractivity contribution in [2.75, 3.05) is 13.1 Å². The molecule has 1 fully saturated rings. The third-order valence-electron chi connectivity index (χ3n) is 3.67. The van der Waals surface area contributed by atoms with Gasteiger partial charge in [0.1, 0.15) is 12.2 Å². The molecule has 0 saturated carbocycles. The number of aromatic nitrogens is 3. The molecule has 5 nitrogen and oxygen atoms in total. The first-order valence-electron chi connectivity index (χ1n) is 6.77. The second-order valence-corrected chi connectivity index (χ2v) is 6.56.